The van der Waals surface area contributed by atoms with Crippen LogP contribution in [0.15, 0.2) is 19.0 Å². The van der Waals surface area contributed by atoms with Gasteiger partial charge in [0.1, 0.15) is 19.0 Å². The Morgan fingerprint density at radius 3 is 1.34 bits per heavy atom. The molecule has 0 aliphatic heterocycles. The van der Waals surface area contributed by atoms with Crippen LogP contribution >= 0.6 is 34.8 Å². The van der Waals surface area contributed by atoms with E-state index in [1.807, 2.05) is 0 Å². The normalized spacial score (nSPS) is 8.07. The molecule has 0 aromatic carbocycles. The molecular formula is C12H17Cl3N11NaO2. The predicted molar refractivity (Wildman–Crippen MR) is 103 cm³/mol. The van der Waals surface area contributed by atoms with E-state index in [1.165, 1.54) is 26.1 Å². The van der Waals surface area contributed by atoms with E-state index in [1.54, 1.807) is 0 Å². The van der Waals surface area contributed by atoms with E-state index in [9.17, 15) is 0 Å². The number of nitrogens with zero attached hydrogens (tertiary/aromatic N) is 9. The fourth-order valence-electron chi connectivity index (χ4n) is 0.937. The molecule has 3 aromatic rings. The van der Waals surface area contributed by atoms with E-state index in [-0.39, 0.29) is 70.7 Å². The van der Waals surface area contributed by atoms with Crippen molar-refractivity contribution in [3.05, 3.63) is 34.8 Å². The summed E-state index contributed by atoms with van der Waals surface area (Å²) >= 11 is 15.9. The van der Waals surface area contributed by atoms with Crippen LogP contribution in [0.4, 0.5) is 11.9 Å². The van der Waals surface area contributed by atoms with Crippen molar-refractivity contribution in [2.24, 2.45) is 0 Å². The Balaban J connectivity index is -0.000000325. The average molecular weight is 477 g/mol. The van der Waals surface area contributed by atoms with Crippen molar-refractivity contribution < 1.29 is 39.4 Å². The number of rotatable bonds is 1. The van der Waals surface area contributed by atoms with Crippen LogP contribution in [0.1, 0.15) is 7.43 Å². The van der Waals surface area contributed by atoms with Gasteiger partial charge in [0.15, 0.2) is 0 Å². The molecule has 154 valence electrons. The van der Waals surface area contributed by atoms with Gasteiger partial charge in [0.05, 0.1) is 7.11 Å². The summed E-state index contributed by atoms with van der Waals surface area (Å²) < 4.78 is 4.65. The van der Waals surface area contributed by atoms with Gasteiger partial charge in [-0.25, -0.2) is 24.9 Å². The van der Waals surface area contributed by atoms with Crippen molar-refractivity contribution in [2.75, 3.05) is 25.7 Å². The number of methoxy groups -OCH3 is 1. The Bertz CT molecular complexity index is 728. The molecule has 0 atom stereocenters. The molecule has 0 aliphatic carbocycles. The van der Waals surface area contributed by atoms with Gasteiger partial charge in [0.25, 0.3) is 0 Å². The number of ether oxygens (including phenoxy) is 1. The first kappa shape index (κ1) is 31.9. The van der Waals surface area contributed by atoms with Crippen LogP contribution in [-0.4, -0.2) is 59.1 Å². The third kappa shape index (κ3) is 16.9. The number of nitrogens with two attached hydrogens (primary N) is 2. The third-order valence-electron chi connectivity index (χ3n) is 1.83. The molecule has 0 unspecified atom stereocenters. The number of nitrogen functional groups attached to an aromatic ring is 2. The number of hydrogen-bond acceptors (Lipinski definition) is 13. The molecule has 17 heteroatoms. The standard InChI is InChI=1S/C4H6N4O.C3HCl2N3.C3H3ClN4.CH3O.CH4.Na/c1-9-4-7-2-6-3(5)8-4;2*4-2-6-1-7-3(5)8-2;1-2;;/h2H,1H3,(H2,5,6,7,8);1H;1H,(H2,5,6,7,8);1H3;1H4;/q;;;-1;;+1. The van der Waals surface area contributed by atoms with Gasteiger partial charge in [-0.1, -0.05) is 7.43 Å². The number of anilines is 2. The van der Waals surface area contributed by atoms with Crippen LogP contribution in [0, 0.1) is 0 Å². The Morgan fingerprint density at radius 1 is 0.724 bits per heavy atom. The smallest absolute Gasteiger partial charge is 0.857 e. The predicted octanol–water partition coefficient (Wildman–Crippen LogP) is -2.64. The number of halogens is 3. The van der Waals surface area contributed by atoms with Crippen molar-refractivity contribution in [1.82, 2.24) is 44.9 Å². The molecule has 13 nitrogen and oxygen atoms in total. The summed E-state index contributed by atoms with van der Waals surface area (Å²) in [6.07, 6.45) is 3.80. The summed E-state index contributed by atoms with van der Waals surface area (Å²) in [7, 11) is 2.22. The molecule has 0 amide bonds. The van der Waals surface area contributed by atoms with E-state index in [2.05, 4.69) is 49.6 Å². The van der Waals surface area contributed by atoms with Gasteiger partial charge >= 0.3 is 35.6 Å². The second-order valence-electron chi connectivity index (χ2n) is 3.47. The van der Waals surface area contributed by atoms with Crippen molar-refractivity contribution >= 4 is 46.7 Å². The molecule has 0 bridgehead atoms. The van der Waals surface area contributed by atoms with Gasteiger partial charge in [-0.05, 0) is 34.8 Å². The van der Waals surface area contributed by atoms with Crippen molar-refractivity contribution in [3.63, 3.8) is 0 Å². The van der Waals surface area contributed by atoms with Gasteiger partial charge in [0.2, 0.25) is 27.7 Å². The Kier molecular flexibility index (Phi) is 21.6. The molecular weight excluding hydrogens is 460 g/mol. The summed E-state index contributed by atoms with van der Waals surface area (Å²) in [5.74, 6) is 0.312. The van der Waals surface area contributed by atoms with Crippen molar-refractivity contribution in [1.29, 1.82) is 0 Å². The quantitative estimate of drug-likeness (QED) is 0.345. The van der Waals surface area contributed by atoms with Gasteiger partial charge in [-0.3, -0.25) is 0 Å². The minimum absolute atomic E-state index is 0. The van der Waals surface area contributed by atoms with Crippen LogP contribution in [0.2, 0.25) is 15.9 Å². The fourth-order valence-corrected chi connectivity index (χ4v) is 1.36. The molecule has 0 saturated carbocycles. The maximum Gasteiger partial charge on any atom is 1.00 e. The van der Waals surface area contributed by atoms with Crippen LogP contribution in [0.3, 0.4) is 0 Å². The first-order valence-corrected chi connectivity index (χ1v) is 7.53. The van der Waals surface area contributed by atoms with Crippen LogP contribution in [0.5, 0.6) is 6.01 Å². The first-order chi connectivity index (χ1) is 12.9. The van der Waals surface area contributed by atoms with E-state index >= 15 is 0 Å². The van der Waals surface area contributed by atoms with E-state index in [4.69, 9.17) is 51.4 Å². The SMILES string of the molecule is C.COc1ncnc(N)n1.C[O-].Clc1ncnc(Cl)n1.Nc1ncnc(Cl)n1.[Na+]. The molecule has 3 heterocycles. The zero-order valence-electron chi connectivity index (χ0n) is 14.9. The summed E-state index contributed by atoms with van der Waals surface area (Å²) in [5.41, 5.74) is 10.3. The third-order valence-corrected chi connectivity index (χ3v) is 2.37. The summed E-state index contributed by atoms with van der Waals surface area (Å²) in [5, 5.41) is 8.60. The van der Waals surface area contributed by atoms with Gasteiger partial charge in [-0.2, -0.15) is 27.0 Å². The topological polar surface area (TPSA) is 200 Å². The van der Waals surface area contributed by atoms with Gasteiger partial charge in [0, 0.05) is 0 Å². The molecule has 3 aromatic heterocycles. The Morgan fingerprint density at radius 2 is 1.10 bits per heavy atom. The van der Waals surface area contributed by atoms with Gasteiger partial charge in [-0.15, -0.1) is 0 Å². The minimum atomic E-state index is 0. The largest absolute Gasteiger partial charge is 1.00 e. The summed E-state index contributed by atoms with van der Waals surface area (Å²) in [4.78, 5) is 31.8. The maximum atomic E-state index is 8.25. The average Bonchev–Trinajstić information content (AvgIpc) is 2.64. The zero-order chi connectivity index (χ0) is 20.7. The monoisotopic (exact) mass is 475 g/mol. The molecule has 0 radical (unpaired) electrons. The molecule has 0 fully saturated rings. The molecule has 0 saturated heterocycles. The Hall–Kier alpha value is -1.74. The second kappa shape index (κ2) is 19.6. The second-order valence-corrected chi connectivity index (χ2v) is 4.48. The van der Waals surface area contributed by atoms with Crippen LogP contribution in [-0.2, 0) is 0 Å². The minimum Gasteiger partial charge on any atom is -0.857 e. The Labute approximate surface area is 204 Å². The molecule has 3 rings (SSSR count). The fraction of sp³-hybridized carbons (Fsp3) is 0.250. The van der Waals surface area contributed by atoms with Crippen LogP contribution in [0.25, 0.3) is 0 Å². The maximum absolute atomic E-state index is 8.25. The molecule has 0 spiro atoms. The molecule has 4 N–H and O–H groups in total. The van der Waals surface area contributed by atoms with Crippen molar-refractivity contribution in [3.8, 4) is 6.01 Å². The number of aromatic nitrogens is 9. The van der Waals surface area contributed by atoms with Crippen molar-refractivity contribution in [2.45, 2.75) is 7.43 Å². The summed E-state index contributed by atoms with van der Waals surface area (Å²) in [6, 6.07) is 0.238. The van der Waals surface area contributed by atoms with E-state index in [0.717, 1.165) is 7.11 Å². The van der Waals surface area contributed by atoms with E-state index < -0.39 is 0 Å². The zero-order valence-corrected chi connectivity index (χ0v) is 19.1. The molecule has 0 aliphatic rings. The van der Waals surface area contributed by atoms with E-state index in [0.29, 0.717) is 0 Å². The summed E-state index contributed by atoms with van der Waals surface area (Å²) in [6.45, 7) is 0. The molecule has 29 heavy (non-hydrogen) atoms. The van der Waals surface area contributed by atoms with Crippen LogP contribution < -0.4 is 50.9 Å². The van der Waals surface area contributed by atoms with Gasteiger partial charge < -0.3 is 21.3 Å². The number of hydrogen-bond donors (Lipinski definition) is 2. The first-order valence-electron chi connectivity index (χ1n) is 6.40.